The van der Waals surface area contributed by atoms with Gasteiger partial charge in [0.25, 0.3) is 5.91 Å². The van der Waals surface area contributed by atoms with E-state index in [9.17, 15) is 19.2 Å². The molecule has 0 saturated carbocycles. The molecular weight excluding hydrogens is 504 g/mol. The van der Waals surface area contributed by atoms with E-state index in [1.54, 1.807) is 60.4 Å². The van der Waals surface area contributed by atoms with Crippen LogP contribution >= 0.6 is 11.6 Å². The SMILES string of the molecule is CCOC(=O)O[C@@H]1C[C@H](C(=O)Nc2ccc(N3CCOCC3=O)cc2)N(C(=O)Nc2ccc(Cl)cc2)C1. The van der Waals surface area contributed by atoms with Crippen LogP contribution in [0.3, 0.4) is 0 Å². The lowest BCUT2D eigenvalue weighted by Crippen LogP contribution is -2.45. The summed E-state index contributed by atoms with van der Waals surface area (Å²) in [6, 6.07) is 11.9. The topological polar surface area (TPSA) is 127 Å². The van der Waals surface area contributed by atoms with Crippen molar-refractivity contribution in [2.75, 3.05) is 48.4 Å². The average Bonchev–Trinajstić information content (AvgIpc) is 3.30. The number of benzene rings is 2. The molecule has 196 valence electrons. The number of nitrogens with zero attached hydrogens (tertiary/aromatic N) is 2. The Hall–Kier alpha value is -3.83. The summed E-state index contributed by atoms with van der Waals surface area (Å²) < 4.78 is 15.3. The van der Waals surface area contributed by atoms with Crippen LogP contribution in [-0.4, -0.2) is 74.0 Å². The summed E-state index contributed by atoms with van der Waals surface area (Å²) in [5.74, 6) is -0.583. The first-order chi connectivity index (χ1) is 17.8. The number of hydrogen-bond donors (Lipinski definition) is 2. The number of carbonyl (C=O) groups is 4. The highest BCUT2D eigenvalue weighted by Gasteiger charge is 2.42. The second-order valence-electron chi connectivity index (χ2n) is 8.40. The van der Waals surface area contributed by atoms with Gasteiger partial charge in [-0.2, -0.15) is 0 Å². The number of nitrogens with one attached hydrogen (secondary N) is 2. The van der Waals surface area contributed by atoms with Crippen molar-refractivity contribution in [1.29, 1.82) is 0 Å². The lowest BCUT2D eigenvalue weighted by molar-refractivity contribution is -0.125. The van der Waals surface area contributed by atoms with Crippen molar-refractivity contribution < 1.29 is 33.4 Å². The van der Waals surface area contributed by atoms with Crippen molar-refractivity contribution in [1.82, 2.24) is 4.90 Å². The van der Waals surface area contributed by atoms with Crippen molar-refractivity contribution in [3.63, 3.8) is 0 Å². The minimum Gasteiger partial charge on any atom is -0.435 e. The molecule has 0 aliphatic carbocycles. The molecule has 2 atom stereocenters. The van der Waals surface area contributed by atoms with Crippen molar-refractivity contribution in [3.05, 3.63) is 53.6 Å². The Morgan fingerprint density at radius 1 is 1.05 bits per heavy atom. The molecule has 2 aliphatic rings. The minimum atomic E-state index is -0.910. The maximum atomic E-state index is 13.2. The second kappa shape index (κ2) is 11.9. The van der Waals surface area contributed by atoms with Gasteiger partial charge in [-0.25, -0.2) is 9.59 Å². The maximum absolute atomic E-state index is 13.2. The molecule has 0 radical (unpaired) electrons. The van der Waals surface area contributed by atoms with Gasteiger partial charge in [-0.05, 0) is 55.5 Å². The Kier molecular flexibility index (Phi) is 8.47. The predicted octanol–water partition coefficient (Wildman–Crippen LogP) is 3.49. The van der Waals surface area contributed by atoms with E-state index in [-0.39, 0.29) is 32.1 Å². The zero-order valence-electron chi connectivity index (χ0n) is 20.1. The number of morpholine rings is 1. The molecular formula is C25H27ClN4O7. The summed E-state index contributed by atoms with van der Waals surface area (Å²) >= 11 is 5.91. The van der Waals surface area contributed by atoms with Gasteiger partial charge in [0.2, 0.25) is 5.91 Å². The normalized spacial score (nSPS) is 19.4. The van der Waals surface area contributed by atoms with E-state index in [4.69, 9.17) is 25.8 Å². The second-order valence-corrected chi connectivity index (χ2v) is 8.83. The van der Waals surface area contributed by atoms with Gasteiger partial charge in [-0.15, -0.1) is 0 Å². The highest BCUT2D eigenvalue weighted by Crippen LogP contribution is 2.25. The van der Waals surface area contributed by atoms with E-state index in [1.807, 2.05) is 0 Å². The Bertz CT molecular complexity index is 1140. The number of hydrogen-bond acceptors (Lipinski definition) is 7. The molecule has 4 amide bonds. The van der Waals surface area contributed by atoms with Crippen molar-refractivity contribution in [2.45, 2.75) is 25.5 Å². The van der Waals surface area contributed by atoms with Crippen LogP contribution < -0.4 is 15.5 Å². The molecule has 2 aromatic carbocycles. The molecule has 12 heteroatoms. The van der Waals surface area contributed by atoms with Gasteiger partial charge in [-0.3, -0.25) is 9.59 Å². The first kappa shape index (κ1) is 26.2. The van der Waals surface area contributed by atoms with E-state index in [1.165, 1.54) is 4.90 Å². The zero-order valence-corrected chi connectivity index (χ0v) is 20.9. The summed E-state index contributed by atoms with van der Waals surface area (Å²) in [5, 5.41) is 6.06. The van der Waals surface area contributed by atoms with E-state index < -0.39 is 30.2 Å². The fraction of sp³-hybridized carbons (Fsp3) is 0.360. The number of ether oxygens (including phenoxy) is 3. The lowest BCUT2D eigenvalue weighted by Gasteiger charge is -2.27. The Balaban J connectivity index is 1.45. The van der Waals surface area contributed by atoms with Crippen LogP contribution in [-0.2, 0) is 23.8 Å². The standard InChI is InChI=1S/C25H27ClN4O7/c1-2-36-25(34)37-20-13-21(30(14-20)24(33)28-18-5-3-16(26)4-6-18)23(32)27-17-7-9-19(10-8-17)29-11-12-35-15-22(29)31/h3-10,20-21H,2,11-15H2,1H3,(H,27,32)(H,28,33)/t20-,21-/m1/s1. The van der Waals surface area contributed by atoms with E-state index >= 15 is 0 Å². The van der Waals surface area contributed by atoms with E-state index in [2.05, 4.69) is 10.6 Å². The smallest absolute Gasteiger partial charge is 0.435 e. The predicted molar refractivity (Wildman–Crippen MR) is 136 cm³/mol. The lowest BCUT2D eigenvalue weighted by atomic mass is 10.1. The molecule has 2 fully saturated rings. The van der Waals surface area contributed by atoms with Crippen LogP contribution in [0.25, 0.3) is 0 Å². The molecule has 2 heterocycles. The third kappa shape index (κ3) is 6.69. The molecule has 4 rings (SSSR count). The quantitative estimate of drug-likeness (QED) is 0.547. The van der Waals surface area contributed by atoms with Gasteiger partial charge in [0.05, 0.1) is 19.8 Å². The van der Waals surface area contributed by atoms with Gasteiger partial charge in [0.15, 0.2) is 0 Å². The summed E-state index contributed by atoms with van der Waals surface area (Å²) in [4.78, 5) is 53.1. The Labute approximate surface area is 218 Å². The van der Waals surface area contributed by atoms with Crippen LogP contribution in [0.2, 0.25) is 5.02 Å². The van der Waals surface area contributed by atoms with Gasteiger partial charge >= 0.3 is 12.2 Å². The molecule has 37 heavy (non-hydrogen) atoms. The molecule has 11 nitrogen and oxygen atoms in total. The third-order valence-electron chi connectivity index (χ3n) is 5.88. The average molecular weight is 531 g/mol. The highest BCUT2D eigenvalue weighted by atomic mass is 35.5. The Morgan fingerprint density at radius 3 is 2.41 bits per heavy atom. The van der Waals surface area contributed by atoms with Gasteiger partial charge in [0, 0.05) is 35.1 Å². The fourth-order valence-electron chi connectivity index (χ4n) is 4.11. The van der Waals surface area contributed by atoms with Crippen LogP contribution in [0.1, 0.15) is 13.3 Å². The van der Waals surface area contributed by atoms with Crippen LogP contribution in [0.15, 0.2) is 48.5 Å². The molecule has 0 bridgehead atoms. The molecule has 2 N–H and O–H groups in total. The van der Waals surface area contributed by atoms with Crippen LogP contribution in [0.4, 0.5) is 26.7 Å². The number of rotatable bonds is 6. The monoisotopic (exact) mass is 530 g/mol. The summed E-state index contributed by atoms with van der Waals surface area (Å²) in [7, 11) is 0. The highest BCUT2D eigenvalue weighted by molar-refractivity contribution is 6.30. The van der Waals surface area contributed by atoms with Crippen molar-refractivity contribution in [3.8, 4) is 0 Å². The van der Waals surface area contributed by atoms with Gasteiger partial charge < -0.3 is 34.6 Å². The summed E-state index contributed by atoms with van der Waals surface area (Å²) in [6.45, 7) is 2.74. The number of anilines is 3. The van der Waals surface area contributed by atoms with E-state index in [0.29, 0.717) is 35.2 Å². The van der Waals surface area contributed by atoms with Crippen molar-refractivity contribution >= 4 is 52.7 Å². The molecule has 2 aliphatic heterocycles. The zero-order chi connectivity index (χ0) is 26.4. The number of likely N-dealkylation sites (tertiary alicyclic amines) is 1. The minimum absolute atomic E-state index is 0.00834. The number of amides is 4. The van der Waals surface area contributed by atoms with Crippen molar-refractivity contribution in [2.24, 2.45) is 0 Å². The molecule has 2 saturated heterocycles. The summed E-state index contributed by atoms with van der Waals surface area (Å²) in [5.41, 5.74) is 1.68. The van der Waals surface area contributed by atoms with Crippen LogP contribution in [0, 0.1) is 0 Å². The first-order valence-electron chi connectivity index (χ1n) is 11.8. The maximum Gasteiger partial charge on any atom is 0.508 e. The molecule has 2 aromatic rings. The van der Waals surface area contributed by atoms with E-state index in [0.717, 1.165) is 0 Å². The number of carbonyl (C=O) groups excluding carboxylic acids is 4. The first-order valence-corrected chi connectivity index (χ1v) is 12.2. The molecule has 0 unspecified atom stereocenters. The third-order valence-corrected chi connectivity index (χ3v) is 6.13. The summed E-state index contributed by atoms with van der Waals surface area (Å²) in [6.07, 6.45) is -1.49. The molecule has 0 spiro atoms. The largest absolute Gasteiger partial charge is 0.508 e. The number of urea groups is 1. The van der Waals surface area contributed by atoms with Crippen LogP contribution in [0.5, 0.6) is 0 Å². The van der Waals surface area contributed by atoms with Gasteiger partial charge in [-0.1, -0.05) is 11.6 Å². The number of halogens is 1. The fourth-order valence-corrected chi connectivity index (χ4v) is 4.24. The Morgan fingerprint density at radius 2 is 1.73 bits per heavy atom. The van der Waals surface area contributed by atoms with Gasteiger partial charge in [0.1, 0.15) is 18.8 Å². The molecule has 0 aromatic heterocycles.